The molecule has 0 bridgehead atoms. The third-order valence-electron chi connectivity index (χ3n) is 2.91. The van der Waals surface area contributed by atoms with E-state index in [-0.39, 0.29) is 6.42 Å². The van der Waals surface area contributed by atoms with E-state index in [1.165, 1.54) is 11.3 Å². The molecule has 1 N–H and O–H groups in total. The van der Waals surface area contributed by atoms with Crippen molar-refractivity contribution in [3.63, 3.8) is 0 Å². The van der Waals surface area contributed by atoms with Crippen LogP contribution in [0.25, 0.3) is 0 Å². The van der Waals surface area contributed by atoms with E-state index in [1.807, 2.05) is 12.1 Å². The van der Waals surface area contributed by atoms with Gasteiger partial charge in [0, 0.05) is 25.2 Å². The summed E-state index contributed by atoms with van der Waals surface area (Å²) in [5, 5.41) is 8.65. The maximum Gasteiger partial charge on any atom is 0.303 e. The van der Waals surface area contributed by atoms with Gasteiger partial charge in [0.25, 0.3) is 0 Å². The lowest BCUT2D eigenvalue weighted by Crippen LogP contribution is -2.25. The maximum atomic E-state index is 10.5. The molecule has 3 nitrogen and oxygen atoms in total. The smallest absolute Gasteiger partial charge is 0.303 e. The van der Waals surface area contributed by atoms with Gasteiger partial charge in [0.15, 0.2) is 0 Å². The lowest BCUT2D eigenvalue weighted by molar-refractivity contribution is -0.137. The minimum atomic E-state index is -0.718. The van der Waals surface area contributed by atoms with Crippen LogP contribution in [-0.2, 0) is 11.2 Å². The number of para-hydroxylation sites is 1. The number of anilines is 1. The van der Waals surface area contributed by atoms with Crippen LogP contribution in [0.2, 0.25) is 0 Å². The van der Waals surface area contributed by atoms with Crippen LogP contribution in [0.15, 0.2) is 24.3 Å². The molecule has 94 valence electrons. The molecule has 17 heavy (non-hydrogen) atoms. The van der Waals surface area contributed by atoms with Crippen LogP contribution in [0, 0.1) is 0 Å². The summed E-state index contributed by atoms with van der Waals surface area (Å²) < 4.78 is 0. The Balaban J connectivity index is 2.68. The van der Waals surface area contributed by atoms with Crippen molar-refractivity contribution in [2.45, 2.75) is 33.1 Å². The highest BCUT2D eigenvalue weighted by molar-refractivity contribution is 5.66. The number of rotatable bonds is 7. The normalized spacial score (nSPS) is 10.2. The third-order valence-corrected chi connectivity index (χ3v) is 2.91. The van der Waals surface area contributed by atoms with E-state index in [4.69, 9.17) is 5.11 Å². The fourth-order valence-corrected chi connectivity index (χ4v) is 1.99. The monoisotopic (exact) mass is 235 g/mol. The molecule has 1 rings (SSSR count). The van der Waals surface area contributed by atoms with Crippen LogP contribution >= 0.6 is 0 Å². The zero-order valence-electron chi connectivity index (χ0n) is 10.6. The Labute approximate surface area is 103 Å². The van der Waals surface area contributed by atoms with Gasteiger partial charge in [-0.25, -0.2) is 0 Å². The molecule has 0 amide bonds. The number of carbonyl (C=O) groups is 1. The fourth-order valence-electron chi connectivity index (χ4n) is 1.99. The van der Waals surface area contributed by atoms with Crippen LogP contribution in [0.5, 0.6) is 0 Å². The van der Waals surface area contributed by atoms with Crippen LogP contribution in [0.4, 0.5) is 5.69 Å². The lowest BCUT2D eigenvalue weighted by Gasteiger charge is -2.25. The summed E-state index contributed by atoms with van der Waals surface area (Å²) in [5.74, 6) is -0.718. The Morgan fingerprint density at radius 2 is 2.00 bits per heavy atom. The van der Waals surface area contributed by atoms with Gasteiger partial charge in [-0.05, 0) is 31.4 Å². The number of nitrogens with zero attached hydrogens (tertiary/aromatic N) is 1. The molecule has 0 aliphatic carbocycles. The van der Waals surface area contributed by atoms with Crippen molar-refractivity contribution in [1.82, 2.24) is 0 Å². The molecular weight excluding hydrogens is 214 g/mol. The highest BCUT2D eigenvalue weighted by Crippen LogP contribution is 2.21. The first-order valence-electron chi connectivity index (χ1n) is 6.23. The largest absolute Gasteiger partial charge is 0.481 e. The van der Waals surface area contributed by atoms with Gasteiger partial charge in [-0.15, -0.1) is 0 Å². The molecular formula is C14H21NO2. The Morgan fingerprint density at radius 1 is 1.29 bits per heavy atom. The summed E-state index contributed by atoms with van der Waals surface area (Å²) in [5.41, 5.74) is 2.56. The Morgan fingerprint density at radius 3 is 2.59 bits per heavy atom. The number of carboxylic acid groups (broad SMARTS) is 1. The number of aliphatic carboxylic acids is 1. The first-order valence-corrected chi connectivity index (χ1v) is 6.23. The van der Waals surface area contributed by atoms with Gasteiger partial charge >= 0.3 is 5.97 Å². The first kappa shape index (κ1) is 13.6. The average molecular weight is 235 g/mol. The van der Waals surface area contributed by atoms with Crippen LogP contribution in [-0.4, -0.2) is 24.2 Å². The van der Waals surface area contributed by atoms with Crippen molar-refractivity contribution < 1.29 is 9.90 Å². The topological polar surface area (TPSA) is 40.5 Å². The van der Waals surface area contributed by atoms with Crippen molar-refractivity contribution in [3.05, 3.63) is 29.8 Å². The number of carboxylic acids is 1. The van der Waals surface area contributed by atoms with Crippen molar-refractivity contribution in [3.8, 4) is 0 Å². The van der Waals surface area contributed by atoms with E-state index >= 15 is 0 Å². The molecule has 0 heterocycles. The molecule has 0 atom stereocenters. The second kappa shape index (κ2) is 6.94. The summed E-state index contributed by atoms with van der Waals surface area (Å²) in [6.07, 6.45) is 1.94. The Hall–Kier alpha value is -1.51. The molecule has 0 aromatic heterocycles. The predicted molar refractivity (Wildman–Crippen MR) is 70.6 cm³/mol. The first-order chi connectivity index (χ1) is 8.19. The van der Waals surface area contributed by atoms with Crippen molar-refractivity contribution in [1.29, 1.82) is 0 Å². The Bertz CT molecular complexity index is 363. The number of hydrogen-bond donors (Lipinski definition) is 1. The molecule has 0 saturated heterocycles. The number of benzene rings is 1. The summed E-state index contributed by atoms with van der Waals surface area (Å²) in [7, 11) is 0. The van der Waals surface area contributed by atoms with Crippen molar-refractivity contribution >= 4 is 11.7 Å². The predicted octanol–water partition coefficient (Wildman–Crippen LogP) is 2.94. The summed E-state index contributed by atoms with van der Waals surface area (Å²) in [6.45, 7) is 5.97. The van der Waals surface area contributed by atoms with Crippen LogP contribution < -0.4 is 4.90 Å². The zero-order chi connectivity index (χ0) is 12.7. The second-order valence-corrected chi connectivity index (χ2v) is 4.06. The summed E-state index contributed by atoms with van der Waals surface area (Å²) in [4.78, 5) is 12.8. The van der Waals surface area contributed by atoms with Crippen molar-refractivity contribution in [2.24, 2.45) is 0 Å². The number of hydrogen-bond acceptors (Lipinski definition) is 2. The molecule has 0 radical (unpaired) electrons. The molecule has 0 unspecified atom stereocenters. The highest BCUT2D eigenvalue weighted by atomic mass is 16.4. The van der Waals surface area contributed by atoms with Gasteiger partial charge in [0.1, 0.15) is 0 Å². The van der Waals surface area contributed by atoms with Crippen LogP contribution in [0.3, 0.4) is 0 Å². The number of aryl methyl sites for hydroxylation is 1. The van der Waals surface area contributed by atoms with E-state index in [0.717, 1.165) is 19.5 Å². The third kappa shape index (κ3) is 4.10. The van der Waals surface area contributed by atoms with Crippen LogP contribution in [0.1, 0.15) is 32.3 Å². The zero-order valence-corrected chi connectivity index (χ0v) is 10.6. The SMILES string of the molecule is CCc1ccccc1N(CC)CCCC(=O)O. The van der Waals surface area contributed by atoms with E-state index in [2.05, 4.69) is 30.9 Å². The molecule has 0 spiro atoms. The van der Waals surface area contributed by atoms with Crippen molar-refractivity contribution in [2.75, 3.05) is 18.0 Å². The molecule has 0 aliphatic rings. The maximum absolute atomic E-state index is 10.5. The Kier molecular flexibility index (Phi) is 5.53. The van der Waals surface area contributed by atoms with Gasteiger partial charge < -0.3 is 10.0 Å². The molecule has 1 aromatic rings. The second-order valence-electron chi connectivity index (χ2n) is 4.06. The van der Waals surface area contributed by atoms with Gasteiger partial charge in [-0.3, -0.25) is 4.79 Å². The van der Waals surface area contributed by atoms with E-state index in [1.54, 1.807) is 0 Å². The summed E-state index contributed by atoms with van der Waals surface area (Å²) in [6, 6.07) is 8.33. The lowest BCUT2D eigenvalue weighted by atomic mass is 10.1. The summed E-state index contributed by atoms with van der Waals surface area (Å²) >= 11 is 0. The molecule has 1 aromatic carbocycles. The standard InChI is InChI=1S/C14H21NO2/c1-3-12-8-5-6-9-13(12)15(4-2)11-7-10-14(16)17/h5-6,8-9H,3-4,7,10-11H2,1-2H3,(H,16,17). The van der Waals surface area contributed by atoms with Gasteiger partial charge in [0.2, 0.25) is 0 Å². The van der Waals surface area contributed by atoms with E-state index in [9.17, 15) is 4.79 Å². The fraction of sp³-hybridized carbons (Fsp3) is 0.500. The molecule has 0 saturated carbocycles. The molecule has 0 aliphatic heterocycles. The van der Waals surface area contributed by atoms with E-state index < -0.39 is 5.97 Å². The van der Waals surface area contributed by atoms with Gasteiger partial charge in [-0.2, -0.15) is 0 Å². The molecule has 3 heteroatoms. The highest BCUT2D eigenvalue weighted by Gasteiger charge is 2.08. The minimum Gasteiger partial charge on any atom is -0.481 e. The molecule has 0 fully saturated rings. The average Bonchev–Trinajstić information content (AvgIpc) is 2.34. The van der Waals surface area contributed by atoms with E-state index in [0.29, 0.717) is 6.42 Å². The quantitative estimate of drug-likeness (QED) is 0.790. The van der Waals surface area contributed by atoms with Gasteiger partial charge in [-0.1, -0.05) is 25.1 Å². The minimum absolute atomic E-state index is 0.241. The van der Waals surface area contributed by atoms with Gasteiger partial charge in [0.05, 0.1) is 0 Å².